The summed E-state index contributed by atoms with van der Waals surface area (Å²) in [5, 5.41) is 21.0. The van der Waals surface area contributed by atoms with E-state index in [2.05, 4.69) is 277 Å². The number of thiazole rings is 1. The van der Waals surface area contributed by atoms with E-state index >= 15 is 0 Å². The Labute approximate surface area is 617 Å². The lowest BCUT2D eigenvalue weighted by Crippen LogP contribution is -1.97. The minimum Gasteiger partial charge on any atom is -0.441 e. The Bertz CT molecular complexity index is 5230. The summed E-state index contributed by atoms with van der Waals surface area (Å²) in [5.41, 5.74) is 52.6. The molecule has 0 amide bonds. The van der Waals surface area contributed by atoms with Crippen LogP contribution in [0.4, 0.5) is 0 Å². The van der Waals surface area contributed by atoms with Crippen molar-refractivity contribution in [3.63, 3.8) is 0 Å². The number of rotatable bonds is 0. The van der Waals surface area contributed by atoms with Crippen LogP contribution >= 0.6 is 22.9 Å². The number of oxazole rings is 1. The fourth-order valence-corrected chi connectivity index (χ4v) is 17.0. The molecule has 0 fully saturated rings. The summed E-state index contributed by atoms with van der Waals surface area (Å²) in [4.78, 5) is 10.3. The van der Waals surface area contributed by atoms with Crippen LogP contribution in [0, 0.1) is 249 Å². The van der Waals surface area contributed by atoms with Crippen molar-refractivity contribution in [2.45, 2.75) is 249 Å². The van der Waals surface area contributed by atoms with Crippen molar-refractivity contribution in [3.8, 4) is 0 Å². The van der Waals surface area contributed by atoms with Crippen molar-refractivity contribution < 1.29 is 8.94 Å². The lowest BCUT2D eigenvalue weighted by molar-refractivity contribution is 0.405. The van der Waals surface area contributed by atoms with Gasteiger partial charge in [-0.1, -0.05) is 5.16 Å². The van der Waals surface area contributed by atoms with Crippen molar-refractivity contribution >= 4 is 98.7 Å². The second-order valence-electron chi connectivity index (χ2n) is 29.6. The van der Waals surface area contributed by atoms with Crippen LogP contribution in [0.2, 0.25) is 0 Å². The molecule has 7 aromatic carbocycles. The quantitative estimate of drug-likeness (QED) is 0.147. The molecule has 7 heterocycles. The molecule has 542 valence electrons. The van der Waals surface area contributed by atoms with Crippen molar-refractivity contribution in [3.05, 3.63) is 200 Å². The first-order valence-electron chi connectivity index (χ1n) is 36.0. The van der Waals surface area contributed by atoms with Crippen molar-refractivity contribution in [1.82, 2.24) is 43.6 Å². The number of benzene rings is 7. The number of aryl methyl sites for hydroxylation is 24. The average Bonchev–Trinajstić information content (AvgIpc) is 1.59. The third-order valence-electron chi connectivity index (χ3n) is 24.6. The average molecular weight is 1410 g/mol. The van der Waals surface area contributed by atoms with Crippen LogP contribution in [0.3, 0.4) is 0 Å². The summed E-state index contributed by atoms with van der Waals surface area (Å²) in [6.45, 7) is 77.7. The molecule has 0 aliphatic carbocycles. The molecule has 14 rings (SSSR count). The minimum atomic E-state index is 0.746. The summed E-state index contributed by atoms with van der Waals surface area (Å²) >= 11 is 3.42. The first-order chi connectivity index (χ1) is 47.4. The molecule has 0 N–H and O–H groups in total. The van der Waals surface area contributed by atoms with Crippen LogP contribution in [0.5, 0.6) is 0 Å². The SMILES string of the molecule is Cc1c(C)c(C)c2c(C)n(C)nc2c1C.Cc1c(C)c(C)c2c(C)onc2c1C.Cc1c(C)c(C)c2c(C)snc2c1C.Cc1c(C)c(C)c2c(c(C)nn2C)c1C.Cc1c(C)c(C)c2c(c1C)c(C)c(C)n2C.Cc1nc2c(C)c(C)c(C)c(C)c2o1.Cc1nc2c(C)c(C)c(C)c(C)c2s1. The zero-order valence-electron chi connectivity index (χ0n) is 69.7. The van der Waals surface area contributed by atoms with Crippen molar-refractivity contribution in [2.75, 3.05) is 0 Å². The van der Waals surface area contributed by atoms with Gasteiger partial charge in [-0.3, -0.25) is 9.36 Å². The normalized spacial score (nSPS) is 11.3. The summed E-state index contributed by atoms with van der Waals surface area (Å²) in [7, 11) is 6.21. The van der Waals surface area contributed by atoms with Gasteiger partial charge in [-0.05, 0) is 415 Å². The number of nitrogens with zero attached hydrogens (tertiary/aromatic N) is 9. The topological polar surface area (TPSA) is 118 Å². The van der Waals surface area contributed by atoms with Gasteiger partial charge in [0.25, 0.3) is 0 Å². The van der Waals surface area contributed by atoms with E-state index in [1.807, 2.05) is 37.3 Å². The first-order valence-corrected chi connectivity index (χ1v) is 37.6. The standard InChI is InChI=1S/C15H21N.2C13H18N2.2C12H15NO.2C12H15NS/c1-8-9(2)11(4)15-14(10(8)3)12(5)13(6)16(15)7;1-7-8(2)10(4)13-12(9(7)3)11(5)15(6)14-13;1-7-8(2)10(4)13-12(9(7)3)11(5)14-15(13)6;1-6-7(2)9(4)12-11(8(6)3)13-10(5)14-12;1-6-7(2)9(4)12-11(8(6)3)10(5)14-13-12;1-6-7(2)9(4)12-11(8(6)3)13-10(5)14-12;1-6-7(2)9(4)12-11(8(6)3)10(5)14-13-12/h1-7H3;2*1-6H3;4*1-5H3. The van der Waals surface area contributed by atoms with Crippen LogP contribution in [0.1, 0.15) is 200 Å². The Hall–Kier alpha value is -8.26. The van der Waals surface area contributed by atoms with E-state index in [1.54, 1.807) is 22.9 Å². The fourth-order valence-electron chi connectivity index (χ4n) is 15.2. The molecular formula is C89H117N9O2S2. The Morgan fingerprint density at radius 3 is 1.23 bits per heavy atom. The second kappa shape index (κ2) is 30.2. The summed E-state index contributed by atoms with van der Waals surface area (Å²) < 4.78 is 23.0. The Kier molecular flexibility index (Phi) is 23.5. The van der Waals surface area contributed by atoms with Gasteiger partial charge in [-0.2, -0.15) is 14.6 Å². The van der Waals surface area contributed by atoms with Gasteiger partial charge in [0.2, 0.25) is 0 Å². The smallest absolute Gasteiger partial charge is 0.192 e. The molecule has 14 aromatic rings. The third kappa shape index (κ3) is 13.8. The highest BCUT2D eigenvalue weighted by Crippen LogP contribution is 2.39. The van der Waals surface area contributed by atoms with E-state index in [9.17, 15) is 0 Å². The summed E-state index contributed by atoms with van der Waals surface area (Å²) in [5.74, 6) is 1.67. The van der Waals surface area contributed by atoms with E-state index in [-0.39, 0.29) is 0 Å². The number of hydrogen-bond donors (Lipinski definition) is 0. The zero-order valence-corrected chi connectivity index (χ0v) is 71.3. The Balaban J connectivity index is 0.000000151. The number of fused-ring (bicyclic) bond motifs is 7. The molecule has 7 aromatic heterocycles. The molecule has 0 radical (unpaired) electrons. The van der Waals surface area contributed by atoms with Crippen LogP contribution in [0.15, 0.2) is 8.94 Å². The van der Waals surface area contributed by atoms with Gasteiger partial charge < -0.3 is 13.5 Å². The lowest BCUT2D eigenvalue weighted by Gasteiger charge is -2.12. The maximum atomic E-state index is 5.60. The highest BCUT2D eigenvalue weighted by Gasteiger charge is 2.21. The van der Waals surface area contributed by atoms with Gasteiger partial charge in [0, 0.05) is 71.3 Å². The van der Waals surface area contributed by atoms with Crippen LogP contribution in [-0.2, 0) is 21.1 Å². The minimum absolute atomic E-state index is 0.746. The number of aromatic nitrogens is 9. The third-order valence-corrected chi connectivity index (χ3v) is 26.4. The molecule has 11 nitrogen and oxygen atoms in total. The van der Waals surface area contributed by atoms with Crippen LogP contribution in [0.25, 0.3) is 75.8 Å². The zero-order chi connectivity index (χ0) is 76.7. The van der Waals surface area contributed by atoms with Gasteiger partial charge in [0.15, 0.2) is 11.5 Å². The highest BCUT2D eigenvalue weighted by molar-refractivity contribution is 7.18. The maximum Gasteiger partial charge on any atom is 0.192 e. The van der Waals surface area contributed by atoms with Gasteiger partial charge in [0.05, 0.1) is 43.0 Å². The Morgan fingerprint density at radius 1 is 0.294 bits per heavy atom. The molecular weight excluding hydrogens is 1290 g/mol. The number of hydrogen-bond acceptors (Lipinski definition) is 10. The van der Waals surface area contributed by atoms with Gasteiger partial charge in [-0.25, -0.2) is 9.97 Å². The van der Waals surface area contributed by atoms with Crippen LogP contribution < -0.4 is 0 Å². The predicted molar refractivity (Wildman–Crippen MR) is 442 cm³/mol. The largest absolute Gasteiger partial charge is 0.441 e. The molecule has 0 spiro atoms. The molecule has 0 aliphatic rings. The molecule has 0 saturated carbocycles. The molecule has 102 heavy (non-hydrogen) atoms. The Morgan fingerprint density at radius 2 is 0.696 bits per heavy atom. The van der Waals surface area contributed by atoms with Crippen LogP contribution in [-0.4, -0.2) is 43.6 Å². The van der Waals surface area contributed by atoms with Crippen molar-refractivity contribution in [2.24, 2.45) is 21.1 Å². The van der Waals surface area contributed by atoms with Crippen molar-refractivity contribution in [1.29, 1.82) is 0 Å². The summed E-state index contributed by atoms with van der Waals surface area (Å²) in [6.07, 6.45) is 0. The van der Waals surface area contributed by atoms with E-state index in [0.717, 1.165) is 44.5 Å². The maximum absolute atomic E-state index is 5.60. The predicted octanol–water partition coefficient (Wildman–Crippen LogP) is 24.7. The first kappa shape index (κ1) is 79.4. The van der Waals surface area contributed by atoms with E-state index < -0.39 is 0 Å². The van der Waals surface area contributed by atoms with Gasteiger partial charge in [0.1, 0.15) is 16.8 Å². The molecule has 0 unspecified atom stereocenters. The fraction of sp³-hybridized carbons (Fsp3) is 0.438. The van der Waals surface area contributed by atoms with E-state index in [4.69, 9.17) is 8.94 Å². The van der Waals surface area contributed by atoms with E-state index in [1.165, 1.54) is 231 Å². The molecule has 13 heteroatoms. The molecule has 0 aliphatic heterocycles. The second-order valence-corrected chi connectivity index (χ2v) is 31.8. The lowest BCUT2D eigenvalue weighted by atomic mass is 9.94. The molecule has 0 saturated heterocycles. The van der Waals surface area contributed by atoms with E-state index in [0.29, 0.717) is 0 Å². The van der Waals surface area contributed by atoms with Gasteiger partial charge in [-0.15, -0.1) is 11.3 Å². The highest BCUT2D eigenvalue weighted by atomic mass is 32.1. The monoisotopic (exact) mass is 1410 g/mol. The molecule has 0 atom stereocenters. The molecule has 0 bridgehead atoms. The van der Waals surface area contributed by atoms with Gasteiger partial charge >= 0.3 is 0 Å². The summed E-state index contributed by atoms with van der Waals surface area (Å²) in [6, 6.07) is 0.